The Morgan fingerprint density at radius 3 is 1.79 bits per heavy atom. The Bertz CT molecular complexity index is 832. The van der Waals surface area contributed by atoms with Crippen LogP contribution in [0, 0.1) is 5.92 Å². The van der Waals surface area contributed by atoms with Crippen molar-refractivity contribution in [2.45, 2.75) is 84.3 Å². The molecule has 1 aliphatic heterocycles. The fraction of sp³-hybridized carbons (Fsp3) is 0.552. The molecule has 0 saturated carbocycles. The van der Waals surface area contributed by atoms with Gasteiger partial charge in [-0.25, -0.2) is 0 Å². The van der Waals surface area contributed by atoms with Crippen LogP contribution in [0.1, 0.15) is 72.4 Å². The Balaban J connectivity index is 0.00000385. The molecule has 3 nitrogen and oxygen atoms in total. The Morgan fingerprint density at radius 1 is 0.970 bits per heavy atom. The van der Waals surface area contributed by atoms with Crippen LogP contribution in [0.3, 0.4) is 0 Å². The third kappa shape index (κ3) is 5.63. The van der Waals surface area contributed by atoms with Crippen LogP contribution >= 0.6 is 12.4 Å². The van der Waals surface area contributed by atoms with Gasteiger partial charge in [0.15, 0.2) is 0 Å². The summed E-state index contributed by atoms with van der Waals surface area (Å²) in [7, 11) is 0. The number of nitrogens with zero attached hydrogens (tertiary/aromatic N) is 2. The number of hydrogen-bond donors (Lipinski definition) is 0. The smallest absolute Gasteiger partial charge is 0.238 e. The molecular formula is C29H43ClN2O. The highest BCUT2D eigenvalue weighted by Crippen LogP contribution is 2.41. The van der Waals surface area contributed by atoms with Crippen molar-refractivity contribution in [2.24, 2.45) is 5.92 Å². The fourth-order valence-electron chi connectivity index (χ4n) is 5.91. The molecule has 1 amide bonds. The van der Waals surface area contributed by atoms with Gasteiger partial charge in [0, 0.05) is 30.7 Å². The Morgan fingerprint density at radius 2 is 1.42 bits per heavy atom. The second-order valence-electron chi connectivity index (χ2n) is 10.9. The summed E-state index contributed by atoms with van der Waals surface area (Å²) in [5, 5.41) is 0. The number of carbonyl (C=O) groups is 1. The van der Waals surface area contributed by atoms with Crippen molar-refractivity contribution in [3.8, 4) is 0 Å². The van der Waals surface area contributed by atoms with Gasteiger partial charge in [0.05, 0.1) is 0 Å². The first kappa shape index (κ1) is 27.4. The van der Waals surface area contributed by atoms with Gasteiger partial charge in [-0.3, -0.25) is 9.69 Å². The lowest BCUT2D eigenvalue weighted by Gasteiger charge is -2.43. The number of benzene rings is 2. The maximum absolute atomic E-state index is 14.6. The van der Waals surface area contributed by atoms with Gasteiger partial charge >= 0.3 is 0 Å². The predicted octanol–water partition coefficient (Wildman–Crippen LogP) is 6.55. The molecule has 0 N–H and O–H groups in total. The lowest BCUT2D eigenvalue weighted by atomic mass is 9.70. The van der Waals surface area contributed by atoms with E-state index in [9.17, 15) is 4.79 Å². The molecule has 1 aliphatic rings. The summed E-state index contributed by atoms with van der Waals surface area (Å²) >= 11 is 0. The SMILES string of the molecule is CC1CN(CCC(C(=O)N(C(C)C)C(C)C)(c2ccccc2)c2ccccc2)C(C)(C)C1.Cl. The molecule has 3 rings (SSSR count). The molecule has 4 heteroatoms. The molecule has 182 valence electrons. The normalized spacial score (nSPS) is 18.4. The van der Waals surface area contributed by atoms with Crippen molar-refractivity contribution in [1.82, 2.24) is 9.80 Å². The molecule has 0 bridgehead atoms. The Labute approximate surface area is 208 Å². The zero-order valence-electron chi connectivity index (χ0n) is 21.5. The summed E-state index contributed by atoms with van der Waals surface area (Å²) in [5.41, 5.74) is 1.64. The van der Waals surface area contributed by atoms with Crippen molar-refractivity contribution in [2.75, 3.05) is 13.1 Å². The fourth-order valence-corrected chi connectivity index (χ4v) is 5.91. The highest BCUT2D eigenvalue weighted by Gasteiger charge is 2.47. The average Bonchev–Trinajstić information content (AvgIpc) is 3.00. The first-order chi connectivity index (χ1) is 15.1. The molecule has 1 atom stereocenters. The number of carbonyl (C=O) groups excluding carboxylic acids is 1. The van der Waals surface area contributed by atoms with Crippen LogP contribution < -0.4 is 0 Å². The van der Waals surface area contributed by atoms with Crippen LogP contribution in [-0.4, -0.2) is 46.4 Å². The summed E-state index contributed by atoms with van der Waals surface area (Å²) < 4.78 is 0. The second kappa shape index (κ2) is 11.1. The van der Waals surface area contributed by atoms with Crippen LogP contribution in [0.2, 0.25) is 0 Å². The van der Waals surface area contributed by atoms with Crippen molar-refractivity contribution < 1.29 is 4.79 Å². The molecular weight excluding hydrogens is 428 g/mol. The summed E-state index contributed by atoms with van der Waals surface area (Å²) in [6.07, 6.45) is 1.97. The van der Waals surface area contributed by atoms with Crippen molar-refractivity contribution in [1.29, 1.82) is 0 Å². The summed E-state index contributed by atoms with van der Waals surface area (Å²) in [6.45, 7) is 17.5. The van der Waals surface area contributed by atoms with Gasteiger partial charge in [-0.05, 0) is 71.4 Å². The van der Waals surface area contributed by atoms with E-state index in [0.717, 1.165) is 30.6 Å². The van der Waals surface area contributed by atoms with Crippen molar-refractivity contribution in [3.63, 3.8) is 0 Å². The van der Waals surface area contributed by atoms with Gasteiger partial charge in [-0.1, -0.05) is 67.6 Å². The van der Waals surface area contributed by atoms with Gasteiger partial charge in [0.1, 0.15) is 5.41 Å². The molecule has 0 aliphatic carbocycles. The average molecular weight is 471 g/mol. The minimum absolute atomic E-state index is 0. The quantitative estimate of drug-likeness (QED) is 0.436. The third-order valence-corrected chi connectivity index (χ3v) is 7.24. The van der Waals surface area contributed by atoms with Gasteiger partial charge in [0.25, 0.3) is 0 Å². The molecule has 33 heavy (non-hydrogen) atoms. The van der Waals surface area contributed by atoms with E-state index >= 15 is 0 Å². The molecule has 0 spiro atoms. The Kier molecular flexibility index (Phi) is 9.18. The lowest BCUT2D eigenvalue weighted by Crippen LogP contribution is -2.54. The molecule has 0 aromatic heterocycles. The summed E-state index contributed by atoms with van der Waals surface area (Å²) in [6, 6.07) is 21.2. The zero-order chi connectivity index (χ0) is 23.5. The first-order valence-corrected chi connectivity index (χ1v) is 12.3. The van der Waals surface area contributed by atoms with Crippen LogP contribution in [0.15, 0.2) is 60.7 Å². The monoisotopic (exact) mass is 470 g/mol. The number of hydrogen-bond acceptors (Lipinski definition) is 2. The number of likely N-dealkylation sites (tertiary alicyclic amines) is 1. The molecule has 1 unspecified atom stereocenters. The van der Waals surface area contributed by atoms with E-state index in [0.29, 0.717) is 5.92 Å². The minimum atomic E-state index is -0.709. The van der Waals surface area contributed by atoms with Crippen LogP contribution in [0.4, 0.5) is 0 Å². The van der Waals surface area contributed by atoms with Crippen LogP contribution in [-0.2, 0) is 10.2 Å². The van der Waals surface area contributed by atoms with E-state index in [4.69, 9.17) is 0 Å². The Hall–Kier alpha value is -1.84. The van der Waals surface area contributed by atoms with Crippen LogP contribution in [0.5, 0.6) is 0 Å². The van der Waals surface area contributed by atoms with Gasteiger partial charge in [-0.2, -0.15) is 0 Å². The van der Waals surface area contributed by atoms with E-state index in [2.05, 4.69) is 107 Å². The lowest BCUT2D eigenvalue weighted by molar-refractivity contribution is -0.140. The largest absolute Gasteiger partial charge is 0.337 e. The number of amides is 1. The van der Waals surface area contributed by atoms with E-state index < -0.39 is 5.41 Å². The molecule has 0 radical (unpaired) electrons. The first-order valence-electron chi connectivity index (χ1n) is 12.3. The third-order valence-electron chi connectivity index (χ3n) is 7.24. The molecule has 1 saturated heterocycles. The molecule has 1 heterocycles. The van der Waals surface area contributed by atoms with E-state index in [-0.39, 0.29) is 35.9 Å². The van der Waals surface area contributed by atoms with Crippen molar-refractivity contribution in [3.05, 3.63) is 71.8 Å². The molecule has 2 aromatic carbocycles. The van der Waals surface area contributed by atoms with E-state index in [1.807, 2.05) is 12.1 Å². The zero-order valence-corrected chi connectivity index (χ0v) is 22.4. The number of halogens is 1. The standard InChI is InChI=1S/C29H42N2O.ClH/c1-22(2)31(23(3)4)27(32)29(25-14-10-8-11-15-25,26-16-12-9-13-17-26)18-19-30-21-24(5)20-28(30,6)7;/h8-17,22-24H,18-21H2,1-7H3;1H. The highest BCUT2D eigenvalue weighted by molar-refractivity contribution is 5.92. The van der Waals surface area contributed by atoms with E-state index in [1.165, 1.54) is 6.42 Å². The summed E-state index contributed by atoms with van der Waals surface area (Å²) in [5.74, 6) is 0.899. The van der Waals surface area contributed by atoms with Crippen LogP contribution in [0.25, 0.3) is 0 Å². The number of rotatable bonds is 8. The molecule has 1 fully saturated rings. The van der Waals surface area contributed by atoms with Crippen molar-refractivity contribution >= 4 is 18.3 Å². The van der Waals surface area contributed by atoms with Gasteiger partial charge in [-0.15, -0.1) is 12.4 Å². The summed E-state index contributed by atoms with van der Waals surface area (Å²) in [4.78, 5) is 19.3. The topological polar surface area (TPSA) is 23.6 Å². The highest BCUT2D eigenvalue weighted by atomic mass is 35.5. The minimum Gasteiger partial charge on any atom is -0.337 e. The van der Waals surface area contributed by atoms with Gasteiger partial charge < -0.3 is 4.90 Å². The second-order valence-corrected chi connectivity index (χ2v) is 10.9. The maximum atomic E-state index is 14.6. The molecule has 2 aromatic rings. The van der Waals surface area contributed by atoms with E-state index in [1.54, 1.807) is 0 Å². The van der Waals surface area contributed by atoms with Gasteiger partial charge in [0.2, 0.25) is 5.91 Å². The maximum Gasteiger partial charge on any atom is 0.238 e. The predicted molar refractivity (Wildman–Crippen MR) is 142 cm³/mol.